The van der Waals surface area contributed by atoms with Gasteiger partial charge in [-0.2, -0.15) is 4.98 Å². The van der Waals surface area contributed by atoms with E-state index in [1.54, 1.807) is 0 Å². The summed E-state index contributed by atoms with van der Waals surface area (Å²) < 4.78 is 5.41. The van der Waals surface area contributed by atoms with E-state index >= 15 is 0 Å². The van der Waals surface area contributed by atoms with Gasteiger partial charge in [0.25, 0.3) is 5.88 Å². The maximum atomic E-state index is 10.7. The van der Waals surface area contributed by atoms with Crippen molar-refractivity contribution in [2.75, 3.05) is 13.1 Å². The van der Waals surface area contributed by atoms with Gasteiger partial charge in [0.05, 0.1) is 11.6 Å². The number of amides is 1. The third-order valence-electron chi connectivity index (χ3n) is 2.58. The number of ether oxygens (including phenoxy) is 1. The second kappa shape index (κ2) is 5.07. The number of pyridine rings is 1. The zero-order valence-corrected chi connectivity index (χ0v) is 10.6. The Labute approximate surface area is 113 Å². The first-order chi connectivity index (χ1) is 8.47. The van der Waals surface area contributed by atoms with E-state index in [1.165, 1.54) is 11.0 Å². The minimum Gasteiger partial charge on any atom is -0.502 e. The SMILES string of the molecule is O=C(O)N1CCC(Oc2nc(Cl)cc(Cl)c2O)C1. The smallest absolute Gasteiger partial charge is 0.407 e. The van der Waals surface area contributed by atoms with Crippen LogP contribution in [0.1, 0.15) is 6.42 Å². The second-order valence-electron chi connectivity index (χ2n) is 3.84. The van der Waals surface area contributed by atoms with Gasteiger partial charge in [-0.05, 0) is 6.07 Å². The topological polar surface area (TPSA) is 82.9 Å². The van der Waals surface area contributed by atoms with E-state index in [4.69, 9.17) is 33.0 Å². The van der Waals surface area contributed by atoms with Gasteiger partial charge in [-0.1, -0.05) is 23.2 Å². The number of halogens is 2. The third kappa shape index (κ3) is 2.70. The molecule has 1 amide bonds. The lowest BCUT2D eigenvalue weighted by Crippen LogP contribution is -2.29. The molecule has 0 aliphatic carbocycles. The highest BCUT2D eigenvalue weighted by atomic mass is 35.5. The van der Waals surface area contributed by atoms with Crippen LogP contribution in [0.4, 0.5) is 4.79 Å². The van der Waals surface area contributed by atoms with Crippen LogP contribution in [-0.2, 0) is 0 Å². The molecule has 0 radical (unpaired) electrons. The Morgan fingerprint density at radius 1 is 1.56 bits per heavy atom. The molecule has 0 aromatic carbocycles. The average molecular weight is 293 g/mol. The Morgan fingerprint density at radius 3 is 2.89 bits per heavy atom. The molecule has 1 unspecified atom stereocenters. The van der Waals surface area contributed by atoms with Gasteiger partial charge in [0.15, 0.2) is 5.75 Å². The second-order valence-corrected chi connectivity index (χ2v) is 4.63. The van der Waals surface area contributed by atoms with Gasteiger partial charge in [-0.25, -0.2) is 4.79 Å². The summed E-state index contributed by atoms with van der Waals surface area (Å²) >= 11 is 11.4. The maximum Gasteiger partial charge on any atom is 0.407 e. The van der Waals surface area contributed by atoms with Gasteiger partial charge in [0.1, 0.15) is 11.3 Å². The first-order valence-electron chi connectivity index (χ1n) is 5.17. The molecule has 0 bridgehead atoms. The largest absolute Gasteiger partial charge is 0.502 e. The molecule has 1 aromatic heterocycles. The van der Waals surface area contributed by atoms with Crippen molar-refractivity contribution in [3.63, 3.8) is 0 Å². The number of aromatic nitrogens is 1. The van der Waals surface area contributed by atoms with Crippen LogP contribution < -0.4 is 4.74 Å². The minimum atomic E-state index is -0.998. The average Bonchev–Trinajstić information content (AvgIpc) is 2.74. The van der Waals surface area contributed by atoms with Crippen molar-refractivity contribution in [2.45, 2.75) is 12.5 Å². The van der Waals surface area contributed by atoms with E-state index in [0.29, 0.717) is 13.0 Å². The molecule has 1 saturated heterocycles. The standard InChI is InChI=1S/C10H10Cl2N2O4/c11-6-3-7(12)13-9(8(6)15)18-5-1-2-14(4-5)10(16)17/h3,5,15H,1-2,4H2,(H,16,17). The monoisotopic (exact) mass is 292 g/mol. The van der Waals surface area contributed by atoms with Gasteiger partial charge in [-0.15, -0.1) is 0 Å². The normalized spacial score (nSPS) is 19.0. The lowest BCUT2D eigenvalue weighted by atomic mass is 10.3. The number of carbonyl (C=O) groups is 1. The molecule has 2 rings (SSSR count). The van der Waals surface area contributed by atoms with Crippen molar-refractivity contribution in [1.82, 2.24) is 9.88 Å². The summed E-state index contributed by atoms with van der Waals surface area (Å²) in [4.78, 5) is 15.8. The number of nitrogens with zero attached hydrogens (tertiary/aromatic N) is 2. The van der Waals surface area contributed by atoms with Crippen LogP contribution >= 0.6 is 23.2 Å². The summed E-state index contributed by atoms with van der Waals surface area (Å²) in [6.45, 7) is 0.607. The molecule has 2 heterocycles. The predicted octanol–water partition coefficient (Wildman–Crippen LogP) is 2.23. The molecule has 8 heteroatoms. The molecule has 6 nitrogen and oxygen atoms in total. The van der Waals surface area contributed by atoms with Gasteiger partial charge in [-0.3, -0.25) is 0 Å². The van der Waals surface area contributed by atoms with E-state index in [-0.39, 0.29) is 34.5 Å². The van der Waals surface area contributed by atoms with Crippen molar-refractivity contribution < 1.29 is 19.7 Å². The molecule has 0 spiro atoms. The molecule has 98 valence electrons. The van der Waals surface area contributed by atoms with Crippen molar-refractivity contribution >= 4 is 29.3 Å². The Bertz CT molecular complexity index is 483. The summed E-state index contributed by atoms with van der Waals surface area (Å²) in [6.07, 6.45) is -0.839. The van der Waals surface area contributed by atoms with Crippen LogP contribution in [0, 0.1) is 0 Å². The number of likely N-dealkylation sites (tertiary alicyclic amines) is 1. The summed E-state index contributed by atoms with van der Waals surface area (Å²) in [6, 6.07) is 1.30. The molecule has 1 atom stereocenters. The Kier molecular flexibility index (Phi) is 3.68. The first-order valence-corrected chi connectivity index (χ1v) is 5.92. The zero-order valence-electron chi connectivity index (χ0n) is 9.14. The fraction of sp³-hybridized carbons (Fsp3) is 0.400. The minimum absolute atomic E-state index is 0.0399. The number of carboxylic acid groups (broad SMARTS) is 1. The van der Waals surface area contributed by atoms with Gasteiger partial charge >= 0.3 is 6.09 Å². The molecule has 1 fully saturated rings. The lowest BCUT2D eigenvalue weighted by Gasteiger charge is -2.15. The number of rotatable bonds is 2. The Hall–Kier alpha value is -1.40. The molecular formula is C10H10Cl2N2O4. The quantitative estimate of drug-likeness (QED) is 0.817. The summed E-state index contributed by atoms with van der Waals surface area (Å²) in [5.41, 5.74) is 0. The highest BCUT2D eigenvalue weighted by Crippen LogP contribution is 2.35. The van der Waals surface area contributed by atoms with E-state index < -0.39 is 6.09 Å². The van der Waals surface area contributed by atoms with Crippen LogP contribution in [-0.4, -0.2) is 45.4 Å². The van der Waals surface area contributed by atoms with Crippen LogP contribution in [0.2, 0.25) is 10.2 Å². The molecule has 0 saturated carbocycles. The zero-order chi connectivity index (χ0) is 13.3. The van der Waals surface area contributed by atoms with E-state index in [9.17, 15) is 9.90 Å². The third-order valence-corrected chi connectivity index (χ3v) is 3.06. The molecule has 18 heavy (non-hydrogen) atoms. The fourth-order valence-corrected chi connectivity index (χ4v) is 2.12. The Morgan fingerprint density at radius 2 is 2.28 bits per heavy atom. The van der Waals surface area contributed by atoms with Crippen molar-refractivity contribution in [1.29, 1.82) is 0 Å². The molecular weight excluding hydrogens is 283 g/mol. The first kappa shape index (κ1) is 13.0. The van der Waals surface area contributed by atoms with E-state index in [0.717, 1.165) is 0 Å². The van der Waals surface area contributed by atoms with Gasteiger partial charge in [0, 0.05) is 13.0 Å². The maximum absolute atomic E-state index is 10.7. The van der Waals surface area contributed by atoms with E-state index in [1.807, 2.05) is 0 Å². The summed E-state index contributed by atoms with van der Waals surface area (Å²) in [5.74, 6) is -0.375. The number of hydrogen-bond donors (Lipinski definition) is 2. The molecule has 2 N–H and O–H groups in total. The van der Waals surface area contributed by atoms with E-state index in [2.05, 4.69) is 4.98 Å². The lowest BCUT2D eigenvalue weighted by molar-refractivity contribution is 0.143. The van der Waals surface area contributed by atoms with Crippen molar-refractivity contribution in [2.24, 2.45) is 0 Å². The Balaban J connectivity index is 2.09. The molecule has 1 aromatic rings. The van der Waals surface area contributed by atoms with Crippen LogP contribution in [0.25, 0.3) is 0 Å². The van der Waals surface area contributed by atoms with Crippen LogP contribution in [0.3, 0.4) is 0 Å². The fourth-order valence-electron chi connectivity index (χ4n) is 1.70. The highest BCUT2D eigenvalue weighted by Gasteiger charge is 2.28. The summed E-state index contributed by atoms with van der Waals surface area (Å²) in [7, 11) is 0. The van der Waals surface area contributed by atoms with Crippen LogP contribution in [0.15, 0.2) is 6.07 Å². The molecule has 1 aliphatic heterocycles. The number of aromatic hydroxyl groups is 1. The molecule has 1 aliphatic rings. The summed E-state index contributed by atoms with van der Waals surface area (Å²) in [5, 5.41) is 18.6. The van der Waals surface area contributed by atoms with Crippen molar-refractivity contribution in [3.8, 4) is 11.6 Å². The van der Waals surface area contributed by atoms with Gasteiger partial charge in [0.2, 0.25) is 0 Å². The highest BCUT2D eigenvalue weighted by molar-refractivity contribution is 6.35. The van der Waals surface area contributed by atoms with Crippen molar-refractivity contribution in [3.05, 3.63) is 16.2 Å². The van der Waals surface area contributed by atoms with Gasteiger partial charge < -0.3 is 19.8 Å². The number of hydrogen-bond acceptors (Lipinski definition) is 4. The van der Waals surface area contributed by atoms with Crippen LogP contribution in [0.5, 0.6) is 11.6 Å². The predicted molar refractivity (Wildman–Crippen MR) is 64.6 cm³/mol.